The Balaban J connectivity index is 1.03. The fourth-order valence-electron chi connectivity index (χ4n) is 8.46. The number of nitrogens with zero attached hydrogens (tertiary/aromatic N) is 2. The molecule has 8 aromatic carbocycles. The Morgan fingerprint density at radius 1 is 0.431 bits per heavy atom. The first kappa shape index (κ1) is 29.5. The fraction of sp³-hybridized carbons (Fsp3) is 0.0612. The minimum absolute atomic E-state index is 0.0629. The molecule has 51 heavy (non-hydrogen) atoms. The van der Waals surface area contributed by atoms with Crippen LogP contribution in [-0.2, 0) is 5.41 Å². The zero-order valence-electron chi connectivity index (χ0n) is 28.7. The molecule has 0 fully saturated rings. The van der Waals surface area contributed by atoms with Crippen molar-refractivity contribution in [3.8, 4) is 27.9 Å². The van der Waals surface area contributed by atoms with E-state index in [0.29, 0.717) is 0 Å². The monoisotopic (exact) mass is 652 g/mol. The van der Waals surface area contributed by atoms with Crippen molar-refractivity contribution >= 4 is 49.6 Å². The number of para-hydroxylation sites is 2. The van der Waals surface area contributed by atoms with E-state index in [0.717, 1.165) is 22.7 Å². The molecule has 242 valence electrons. The fourth-order valence-corrected chi connectivity index (χ4v) is 8.46. The van der Waals surface area contributed by atoms with E-state index in [2.05, 4.69) is 205 Å². The number of aromatic nitrogens is 1. The Morgan fingerprint density at radius 3 is 1.84 bits per heavy atom. The molecule has 1 aliphatic rings. The molecule has 0 radical (unpaired) electrons. The molecule has 1 aliphatic carbocycles. The van der Waals surface area contributed by atoms with Gasteiger partial charge < -0.3 is 9.47 Å². The first-order chi connectivity index (χ1) is 25.1. The van der Waals surface area contributed by atoms with Gasteiger partial charge in [0.05, 0.1) is 11.0 Å². The summed E-state index contributed by atoms with van der Waals surface area (Å²) in [4.78, 5) is 2.37. The molecule has 0 spiro atoms. The van der Waals surface area contributed by atoms with E-state index >= 15 is 0 Å². The summed E-state index contributed by atoms with van der Waals surface area (Å²) in [5, 5.41) is 5.08. The van der Waals surface area contributed by atoms with Crippen LogP contribution in [0.1, 0.15) is 25.0 Å². The van der Waals surface area contributed by atoms with Crippen LogP contribution < -0.4 is 4.90 Å². The molecule has 0 atom stereocenters. The van der Waals surface area contributed by atoms with E-state index in [9.17, 15) is 0 Å². The van der Waals surface area contributed by atoms with Crippen LogP contribution in [-0.4, -0.2) is 4.57 Å². The third kappa shape index (κ3) is 4.57. The average molecular weight is 653 g/mol. The Hall–Kier alpha value is -6.38. The molecular formula is C49H36N2. The normalized spacial score (nSPS) is 13.1. The van der Waals surface area contributed by atoms with Crippen LogP contribution in [0.15, 0.2) is 182 Å². The summed E-state index contributed by atoms with van der Waals surface area (Å²) in [6, 6.07) is 66.5. The third-order valence-corrected chi connectivity index (χ3v) is 11.0. The van der Waals surface area contributed by atoms with Gasteiger partial charge in [0.15, 0.2) is 0 Å². The predicted molar refractivity (Wildman–Crippen MR) is 216 cm³/mol. The lowest BCUT2D eigenvalue weighted by molar-refractivity contribution is 0.660. The standard InChI is InChI=1S/C49H36N2/c1-49(2)45-18-10-8-16-41(45)42-31-29-39(32-46(42)49)50(36-13-4-3-5-14-36)37-25-20-33(21-26-37)34-22-27-38(28-23-34)51-47-19-11-9-17-43(47)44-30-24-35-12-6-7-15-40(35)48(44)51/h3-32H,1-2H3. The van der Waals surface area contributed by atoms with Gasteiger partial charge in [0.2, 0.25) is 0 Å². The van der Waals surface area contributed by atoms with Gasteiger partial charge in [-0.15, -0.1) is 0 Å². The summed E-state index contributed by atoms with van der Waals surface area (Å²) in [7, 11) is 0. The third-order valence-electron chi connectivity index (χ3n) is 11.0. The molecule has 1 aromatic heterocycles. The highest BCUT2D eigenvalue weighted by molar-refractivity contribution is 6.18. The van der Waals surface area contributed by atoms with Gasteiger partial charge in [-0.2, -0.15) is 0 Å². The first-order valence-corrected chi connectivity index (χ1v) is 17.8. The summed E-state index contributed by atoms with van der Waals surface area (Å²) in [5.41, 5.74) is 14.8. The van der Waals surface area contributed by atoms with E-state index in [1.54, 1.807) is 0 Å². The lowest BCUT2D eigenvalue weighted by Crippen LogP contribution is -2.16. The Labute approximate surface area is 298 Å². The van der Waals surface area contributed by atoms with E-state index in [4.69, 9.17) is 0 Å². The van der Waals surface area contributed by atoms with E-state index in [1.165, 1.54) is 66.0 Å². The van der Waals surface area contributed by atoms with Crippen LogP contribution in [0, 0.1) is 0 Å². The number of rotatable bonds is 5. The number of hydrogen-bond donors (Lipinski definition) is 0. The van der Waals surface area contributed by atoms with Gasteiger partial charge in [0, 0.05) is 44.3 Å². The van der Waals surface area contributed by atoms with Crippen molar-refractivity contribution < 1.29 is 0 Å². The molecule has 0 amide bonds. The molecule has 0 N–H and O–H groups in total. The van der Waals surface area contributed by atoms with Crippen LogP contribution in [0.5, 0.6) is 0 Å². The summed E-state index contributed by atoms with van der Waals surface area (Å²) in [5.74, 6) is 0. The summed E-state index contributed by atoms with van der Waals surface area (Å²) >= 11 is 0. The Bertz CT molecular complexity index is 2750. The van der Waals surface area contributed by atoms with Crippen molar-refractivity contribution in [3.63, 3.8) is 0 Å². The number of anilines is 3. The van der Waals surface area contributed by atoms with Crippen LogP contribution in [0.4, 0.5) is 17.1 Å². The molecule has 10 rings (SSSR count). The van der Waals surface area contributed by atoms with Crippen molar-refractivity contribution in [2.75, 3.05) is 4.90 Å². The minimum atomic E-state index is -0.0629. The van der Waals surface area contributed by atoms with Gasteiger partial charge in [-0.3, -0.25) is 0 Å². The molecule has 2 nitrogen and oxygen atoms in total. The quantitative estimate of drug-likeness (QED) is 0.180. The van der Waals surface area contributed by atoms with Gasteiger partial charge in [0.1, 0.15) is 0 Å². The summed E-state index contributed by atoms with van der Waals surface area (Å²) in [6.07, 6.45) is 0. The summed E-state index contributed by atoms with van der Waals surface area (Å²) < 4.78 is 2.42. The van der Waals surface area contributed by atoms with E-state index < -0.39 is 0 Å². The maximum atomic E-state index is 2.42. The maximum absolute atomic E-state index is 2.42. The van der Waals surface area contributed by atoms with Gasteiger partial charge in [0.25, 0.3) is 0 Å². The van der Waals surface area contributed by atoms with Crippen molar-refractivity contribution in [3.05, 3.63) is 193 Å². The molecule has 0 aliphatic heterocycles. The Kier molecular flexibility index (Phi) is 6.56. The smallest absolute Gasteiger partial charge is 0.0619 e. The van der Waals surface area contributed by atoms with Crippen LogP contribution in [0.2, 0.25) is 0 Å². The highest BCUT2D eigenvalue weighted by Gasteiger charge is 2.35. The van der Waals surface area contributed by atoms with Crippen molar-refractivity contribution in [2.45, 2.75) is 19.3 Å². The van der Waals surface area contributed by atoms with Crippen molar-refractivity contribution in [1.29, 1.82) is 0 Å². The van der Waals surface area contributed by atoms with Crippen LogP contribution >= 0.6 is 0 Å². The molecular weight excluding hydrogens is 617 g/mol. The van der Waals surface area contributed by atoms with Crippen LogP contribution in [0.25, 0.3) is 60.5 Å². The lowest BCUT2D eigenvalue weighted by Gasteiger charge is -2.28. The lowest BCUT2D eigenvalue weighted by atomic mass is 9.82. The highest BCUT2D eigenvalue weighted by Crippen LogP contribution is 2.50. The average Bonchev–Trinajstić information content (AvgIpc) is 3.65. The second-order valence-corrected chi connectivity index (χ2v) is 14.2. The predicted octanol–water partition coefficient (Wildman–Crippen LogP) is 13.4. The van der Waals surface area contributed by atoms with Gasteiger partial charge >= 0.3 is 0 Å². The van der Waals surface area contributed by atoms with E-state index in [1.807, 2.05) is 0 Å². The van der Waals surface area contributed by atoms with E-state index in [-0.39, 0.29) is 5.41 Å². The first-order valence-electron chi connectivity index (χ1n) is 17.8. The Morgan fingerprint density at radius 2 is 1.04 bits per heavy atom. The largest absolute Gasteiger partial charge is 0.310 e. The molecule has 0 saturated carbocycles. The molecule has 1 heterocycles. The highest BCUT2D eigenvalue weighted by atomic mass is 15.1. The van der Waals surface area contributed by atoms with Gasteiger partial charge in [-0.25, -0.2) is 0 Å². The number of benzene rings is 8. The second kappa shape index (κ2) is 11.3. The van der Waals surface area contributed by atoms with Gasteiger partial charge in [-0.05, 0) is 93.4 Å². The second-order valence-electron chi connectivity index (χ2n) is 14.2. The molecule has 2 heteroatoms. The molecule has 9 aromatic rings. The van der Waals surface area contributed by atoms with Crippen LogP contribution in [0.3, 0.4) is 0 Å². The minimum Gasteiger partial charge on any atom is -0.310 e. The molecule has 0 bridgehead atoms. The zero-order chi connectivity index (χ0) is 34.1. The number of fused-ring (bicyclic) bond motifs is 8. The molecule has 0 unspecified atom stereocenters. The van der Waals surface area contributed by atoms with Crippen molar-refractivity contribution in [2.24, 2.45) is 0 Å². The van der Waals surface area contributed by atoms with Gasteiger partial charge in [-0.1, -0.05) is 141 Å². The number of hydrogen-bond acceptors (Lipinski definition) is 1. The molecule has 0 saturated heterocycles. The maximum Gasteiger partial charge on any atom is 0.0619 e. The SMILES string of the molecule is CC1(C)c2ccccc2-c2ccc(N(c3ccccc3)c3ccc(-c4ccc(-n5c6ccccc6c6ccc7ccccc7c65)cc4)cc3)cc21. The summed E-state index contributed by atoms with van der Waals surface area (Å²) in [6.45, 7) is 4.69. The zero-order valence-corrected chi connectivity index (χ0v) is 28.7. The topological polar surface area (TPSA) is 8.17 Å². The van der Waals surface area contributed by atoms with Crippen molar-refractivity contribution in [1.82, 2.24) is 4.57 Å².